The van der Waals surface area contributed by atoms with Crippen molar-refractivity contribution in [1.29, 1.82) is 0 Å². The highest BCUT2D eigenvalue weighted by Crippen LogP contribution is 2.38. The Hall–Kier alpha value is -1.64. The highest BCUT2D eigenvalue weighted by molar-refractivity contribution is 6.12. The predicted molar refractivity (Wildman–Crippen MR) is 68.8 cm³/mol. The van der Waals surface area contributed by atoms with Gasteiger partial charge in [0.05, 0.1) is 7.11 Å². The van der Waals surface area contributed by atoms with Gasteiger partial charge in [-0.1, -0.05) is 18.6 Å². The number of rotatable bonds is 3. The fourth-order valence-corrected chi connectivity index (χ4v) is 2.79. The average Bonchev–Trinajstić information content (AvgIpc) is 2.39. The summed E-state index contributed by atoms with van der Waals surface area (Å²) in [4.78, 5) is 24.3. The number of hydrogen-bond acceptors (Lipinski definition) is 3. The van der Waals surface area contributed by atoms with E-state index < -0.39 is 5.41 Å². The Balaban J connectivity index is 2.46. The van der Waals surface area contributed by atoms with Gasteiger partial charge in [-0.3, -0.25) is 9.59 Å². The largest absolute Gasteiger partial charge is 0.497 e. The minimum Gasteiger partial charge on any atom is -0.497 e. The van der Waals surface area contributed by atoms with Gasteiger partial charge in [0, 0.05) is 6.42 Å². The molecule has 3 nitrogen and oxygen atoms in total. The first-order valence-corrected chi connectivity index (χ1v) is 6.30. The number of carbonyl (C=O) groups is 2. The van der Waals surface area contributed by atoms with Gasteiger partial charge in [0.1, 0.15) is 16.9 Å². The van der Waals surface area contributed by atoms with E-state index in [9.17, 15) is 9.59 Å². The van der Waals surface area contributed by atoms with Crippen LogP contribution >= 0.6 is 0 Å². The fourth-order valence-electron chi connectivity index (χ4n) is 2.79. The summed E-state index contributed by atoms with van der Waals surface area (Å²) in [5.74, 6) is 0.754. The van der Waals surface area contributed by atoms with E-state index in [4.69, 9.17) is 4.74 Å². The molecule has 0 amide bonds. The maximum Gasteiger partial charge on any atom is 0.150 e. The van der Waals surface area contributed by atoms with Crippen LogP contribution in [-0.4, -0.2) is 18.7 Å². The Kier molecular flexibility index (Phi) is 3.50. The van der Waals surface area contributed by atoms with Crippen LogP contribution in [-0.2, 0) is 15.0 Å². The molecule has 0 radical (unpaired) electrons. The molecule has 0 aliphatic heterocycles. The van der Waals surface area contributed by atoms with Crippen molar-refractivity contribution in [2.45, 2.75) is 38.0 Å². The van der Waals surface area contributed by atoms with Gasteiger partial charge < -0.3 is 4.74 Å². The van der Waals surface area contributed by atoms with Crippen molar-refractivity contribution in [1.82, 2.24) is 0 Å². The number of Topliss-reactive ketones (excluding diaryl/α,β-unsaturated/α-hetero) is 2. The van der Waals surface area contributed by atoms with Gasteiger partial charge in [0.15, 0.2) is 5.78 Å². The van der Waals surface area contributed by atoms with Gasteiger partial charge in [0.25, 0.3) is 0 Å². The first-order valence-electron chi connectivity index (χ1n) is 6.30. The monoisotopic (exact) mass is 246 g/mol. The summed E-state index contributed by atoms with van der Waals surface area (Å²) in [5.41, 5.74) is -0.106. The van der Waals surface area contributed by atoms with Crippen LogP contribution in [0.1, 0.15) is 38.2 Å². The molecule has 0 N–H and O–H groups in total. The number of ether oxygens (including phenoxy) is 1. The Morgan fingerprint density at radius 3 is 2.39 bits per heavy atom. The van der Waals surface area contributed by atoms with Crippen LogP contribution in [0.4, 0.5) is 0 Å². The molecule has 1 aromatic rings. The molecule has 2 rings (SSSR count). The van der Waals surface area contributed by atoms with Crippen LogP contribution in [0.15, 0.2) is 24.3 Å². The topological polar surface area (TPSA) is 43.4 Å². The van der Waals surface area contributed by atoms with Gasteiger partial charge in [-0.05, 0) is 37.5 Å². The molecule has 18 heavy (non-hydrogen) atoms. The summed E-state index contributed by atoms with van der Waals surface area (Å²) in [6.07, 6.45) is 2.96. The van der Waals surface area contributed by atoms with Crippen molar-refractivity contribution < 1.29 is 14.3 Å². The summed E-state index contributed by atoms with van der Waals surface area (Å²) in [6, 6.07) is 7.29. The van der Waals surface area contributed by atoms with E-state index in [-0.39, 0.29) is 11.6 Å². The zero-order valence-electron chi connectivity index (χ0n) is 10.9. The van der Waals surface area contributed by atoms with Crippen LogP contribution in [0.5, 0.6) is 5.75 Å². The van der Waals surface area contributed by atoms with Crippen LogP contribution < -0.4 is 4.74 Å². The first-order chi connectivity index (χ1) is 8.61. The molecular formula is C15H18O3. The predicted octanol–water partition coefficient (Wildman–Crippen LogP) is 2.67. The lowest BCUT2D eigenvalue weighted by atomic mass is 9.66. The van der Waals surface area contributed by atoms with E-state index in [1.807, 2.05) is 24.3 Å². The van der Waals surface area contributed by atoms with E-state index in [1.54, 1.807) is 7.11 Å². The van der Waals surface area contributed by atoms with Crippen molar-refractivity contribution in [2.75, 3.05) is 7.11 Å². The third-order valence-electron chi connectivity index (χ3n) is 3.87. The molecule has 1 aromatic carbocycles. The molecule has 0 bridgehead atoms. The third-order valence-corrected chi connectivity index (χ3v) is 3.87. The summed E-state index contributed by atoms with van der Waals surface area (Å²) >= 11 is 0. The van der Waals surface area contributed by atoms with Crippen LogP contribution in [0.25, 0.3) is 0 Å². The van der Waals surface area contributed by atoms with Crippen LogP contribution in [0.2, 0.25) is 0 Å². The fraction of sp³-hybridized carbons (Fsp3) is 0.467. The first kappa shape index (κ1) is 12.8. The zero-order chi connectivity index (χ0) is 13.2. The number of methoxy groups -OCH3 is 1. The summed E-state index contributed by atoms with van der Waals surface area (Å²) in [7, 11) is 1.60. The molecule has 1 atom stereocenters. The Bertz CT molecular complexity index is 461. The minimum atomic E-state index is -0.912. The molecule has 1 aliphatic rings. The summed E-state index contributed by atoms with van der Waals surface area (Å²) in [6.45, 7) is 1.52. The van der Waals surface area contributed by atoms with Gasteiger partial charge >= 0.3 is 0 Å². The van der Waals surface area contributed by atoms with Crippen molar-refractivity contribution in [3.8, 4) is 5.75 Å². The van der Waals surface area contributed by atoms with Gasteiger partial charge in [-0.15, -0.1) is 0 Å². The van der Waals surface area contributed by atoms with Gasteiger partial charge in [-0.25, -0.2) is 0 Å². The smallest absolute Gasteiger partial charge is 0.150 e. The third kappa shape index (κ3) is 1.94. The molecule has 0 aromatic heterocycles. The summed E-state index contributed by atoms with van der Waals surface area (Å²) < 4.78 is 5.11. The van der Waals surface area contributed by atoms with Crippen molar-refractivity contribution in [2.24, 2.45) is 0 Å². The lowest BCUT2D eigenvalue weighted by molar-refractivity contribution is -0.136. The van der Waals surface area contributed by atoms with Crippen LogP contribution in [0.3, 0.4) is 0 Å². The quantitative estimate of drug-likeness (QED) is 0.770. The van der Waals surface area contributed by atoms with E-state index >= 15 is 0 Å². The molecule has 1 unspecified atom stereocenters. The molecule has 1 saturated carbocycles. The van der Waals surface area contributed by atoms with Gasteiger partial charge in [-0.2, -0.15) is 0 Å². The highest BCUT2D eigenvalue weighted by atomic mass is 16.5. The molecular weight excluding hydrogens is 228 g/mol. The average molecular weight is 246 g/mol. The van der Waals surface area contributed by atoms with E-state index in [0.717, 1.165) is 24.2 Å². The maximum atomic E-state index is 12.3. The normalized spacial score (nSPS) is 23.8. The molecule has 1 aliphatic carbocycles. The highest BCUT2D eigenvalue weighted by Gasteiger charge is 2.45. The maximum absolute atomic E-state index is 12.3. The molecule has 96 valence electrons. The van der Waals surface area contributed by atoms with Gasteiger partial charge in [0.2, 0.25) is 0 Å². The minimum absolute atomic E-state index is 0.0441. The SMILES string of the molecule is COc1ccc(C2(C(C)=O)CCCCC2=O)cc1. The zero-order valence-corrected chi connectivity index (χ0v) is 10.9. The Labute approximate surface area is 107 Å². The molecule has 0 spiro atoms. The second kappa shape index (κ2) is 4.92. The second-order valence-electron chi connectivity index (χ2n) is 4.82. The van der Waals surface area contributed by atoms with E-state index in [2.05, 4.69) is 0 Å². The number of benzene rings is 1. The van der Waals surface area contributed by atoms with Crippen molar-refractivity contribution in [3.63, 3.8) is 0 Å². The molecule has 0 saturated heterocycles. The van der Waals surface area contributed by atoms with Crippen LogP contribution in [0, 0.1) is 0 Å². The van der Waals surface area contributed by atoms with E-state index in [1.165, 1.54) is 6.92 Å². The van der Waals surface area contributed by atoms with Crippen molar-refractivity contribution in [3.05, 3.63) is 29.8 Å². The Morgan fingerprint density at radius 1 is 1.22 bits per heavy atom. The lowest BCUT2D eigenvalue weighted by Gasteiger charge is -2.33. The molecule has 3 heteroatoms. The molecule has 1 fully saturated rings. The lowest BCUT2D eigenvalue weighted by Crippen LogP contribution is -2.44. The van der Waals surface area contributed by atoms with E-state index in [0.29, 0.717) is 12.8 Å². The standard InChI is InChI=1S/C15H18O3/c1-11(16)15(10-4-3-5-14(15)17)12-6-8-13(18-2)9-7-12/h6-9H,3-5,10H2,1-2H3. The number of hydrogen-bond donors (Lipinski definition) is 0. The second-order valence-corrected chi connectivity index (χ2v) is 4.82. The molecule has 0 heterocycles. The number of carbonyl (C=O) groups excluding carboxylic acids is 2. The van der Waals surface area contributed by atoms with Crippen molar-refractivity contribution >= 4 is 11.6 Å². The number of ketones is 2. The Morgan fingerprint density at radius 2 is 1.89 bits per heavy atom. The summed E-state index contributed by atoms with van der Waals surface area (Å²) in [5, 5.41) is 0.